The van der Waals surface area contributed by atoms with Crippen LogP contribution in [0.15, 0.2) is 53.3 Å². The van der Waals surface area contributed by atoms with E-state index in [4.69, 9.17) is 0 Å². The van der Waals surface area contributed by atoms with E-state index in [0.717, 1.165) is 5.56 Å². The minimum absolute atomic E-state index is 0.226. The van der Waals surface area contributed by atoms with Gasteiger partial charge in [-0.25, -0.2) is 9.02 Å². The van der Waals surface area contributed by atoms with Crippen molar-refractivity contribution in [3.63, 3.8) is 0 Å². The Bertz CT molecular complexity index is 1090. The lowest BCUT2D eigenvalue weighted by molar-refractivity contribution is 0.0786. The SMILES string of the molecule is CN(Cc1ccc2nonc2c1)C(=O)c1cn[nH]c1-c1cccc(F)c1. The lowest BCUT2D eigenvalue weighted by atomic mass is 10.1. The van der Waals surface area contributed by atoms with Crippen LogP contribution in [0.2, 0.25) is 0 Å². The van der Waals surface area contributed by atoms with Crippen molar-refractivity contribution in [3.8, 4) is 11.3 Å². The fourth-order valence-electron chi connectivity index (χ4n) is 2.79. The van der Waals surface area contributed by atoms with E-state index < -0.39 is 0 Å². The third kappa shape index (κ3) is 2.92. The van der Waals surface area contributed by atoms with E-state index in [9.17, 15) is 9.18 Å². The number of H-pyrrole nitrogens is 1. The summed E-state index contributed by atoms with van der Waals surface area (Å²) in [6.45, 7) is 0.370. The van der Waals surface area contributed by atoms with Crippen LogP contribution in [-0.2, 0) is 6.54 Å². The number of fused-ring (bicyclic) bond motifs is 1. The fraction of sp³-hybridized carbons (Fsp3) is 0.111. The first kappa shape index (κ1) is 15.9. The molecule has 0 fully saturated rings. The average Bonchev–Trinajstić information content (AvgIpc) is 3.30. The van der Waals surface area contributed by atoms with Gasteiger partial charge in [0.05, 0.1) is 17.5 Å². The number of hydrogen-bond acceptors (Lipinski definition) is 5. The predicted molar refractivity (Wildman–Crippen MR) is 91.6 cm³/mol. The standard InChI is InChI=1S/C18H14FN5O2/c1-24(10-11-5-6-15-16(7-11)23-26-22-15)18(25)14-9-20-21-17(14)12-3-2-4-13(19)8-12/h2-9H,10H2,1H3,(H,20,21). The van der Waals surface area contributed by atoms with Crippen molar-refractivity contribution >= 4 is 16.9 Å². The Morgan fingerprint density at radius 1 is 1.19 bits per heavy atom. The molecule has 2 aromatic carbocycles. The van der Waals surface area contributed by atoms with Gasteiger partial charge in [0.15, 0.2) is 0 Å². The molecule has 4 aromatic rings. The third-order valence-electron chi connectivity index (χ3n) is 4.07. The first-order valence-corrected chi connectivity index (χ1v) is 7.88. The van der Waals surface area contributed by atoms with E-state index in [2.05, 4.69) is 25.1 Å². The van der Waals surface area contributed by atoms with Crippen LogP contribution in [0.3, 0.4) is 0 Å². The largest absolute Gasteiger partial charge is 0.337 e. The van der Waals surface area contributed by atoms with Crippen LogP contribution in [0.1, 0.15) is 15.9 Å². The van der Waals surface area contributed by atoms with Gasteiger partial charge in [-0.3, -0.25) is 9.89 Å². The Labute approximate surface area is 147 Å². The molecular weight excluding hydrogens is 337 g/mol. The van der Waals surface area contributed by atoms with Crippen LogP contribution in [0.25, 0.3) is 22.3 Å². The predicted octanol–water partition coefficient (Wildman–Crippen LogP) is 3.02. The van der Waals surface area contributed by atoms with Crippen molar-refractivity contribution in [2.75, 3.05) is 7.05 Å². The monoisotopic (exact) mass is 351 g/mol. The number of benzene rings is 2. The van der Waals surface area contributed by atoms with Crippen molar-refractivity contribution < 1.29 is 13.8 Å². The van der Waals surface area contributed by atoms with Gasteiger partial charge < -0.3 is 4.90 Å². The number of amides is 1. The minimum atomic E-state index is -0.377. The normalized spacial score (nSPS) is 11.0. The molecule has 4 rings (SSSR count). The number of nitrogens with one attached hydrogen (secondary N) is 1. The zero-order chi connectivity index (χ0) is 18.1. The van der Waals surface area contributed by atoms with Crippen molar-refractivity contribution in [2.24, 2.45) is 0 Å². The van der Waals surface area contributed by atoms with Crippen LogP contribution in [0.4, 0.5) is 4.39 Å². The molecule has 0 saturated carbocycles. The van der Waals surface area contributed by atoms with E-state index >= 15 is 0 Å². The molecule has 1 amide bonds. The first-order chi connectivity index (χ1) is 12.6. The summed E-state index contributed by atoms with van der Waals surface area (Å²) in [6, 6.07) is 11.5. The van der Waals surface area contributed by atoms with Gasteiger partial charge in [0, 0.05) is 19.2 Å². The van der Waals surface area contributed by atoms with Gasteiger partial charge >= 0.3 is 0 Å². The minimum Gasteiger partial charge on any atom is -0.337 e. The Kier molecular flexibility index (Phi) is 3.92. The molecule has 0 saturated heterocycles. The second-order valence-corrected chi connectivity index (χ2v) is 5.92. The summed E-state index contributed by atoms with van der Waals surface area (Å²) in [5.41, 5.74) is 3.60. The van der Waals surface area contributed by atoms with E-state index in [1.807, 2.05) is 12.1 Å². The number of halogens is 1. The topological polar surface area (TPSA) is 87.9 Å². The molecule has 0 aliphatic rings. The molecule has 0 atom stereocenters. The van der Waals surface area contributed by atoms with Crippen LogP contribution in [0, 0.1) is 5.82 Å². The first-order valence-electron chi connectivity index (χ1n) is 7.88. The highest BCUT2D eigenvalue weighted by Crippen LogP contribution is 2.23. The Morgan fingerprint density at radius 2 is 2.04 bits per heavy atom. The van der Waals surface area contributed by atoms with E-state index in [1.54, 1.807) is 30.1 Å². The van der Waals surface area contributed by atoms with Crippen molar-refractivity contribution in [3.05, 3.63) is 65.6 Å². The van der Waals surface area contributed by atoms with Crippen molar-refractivity contribution in [1.82, 2.24) is 25.4 Å². The highest BCUT2D eigenvalue weighted by molar-refractivity contribution is 5.99. The van der Waals surface area contributed by atoms with Gasteiger partial charge in [0.1, 0.15) is 16.9 Å². The average molecular weight is 351 g/mol. The van der Waals surface area contributed by atoms with Gasteiger partial charge in [0.25, 0.3) is 5.91 Å². The lowest BCUT2D eigenvalue weighted by Crippen LogP contribution is -2.26. The third-order valence-corrected chi connectivity index (χ3v) is 4.07. The molecule has 130 valence electrons. The van der Waals surface area contributed by atoms with Crippen LogP contribution < -0.4 is 0 Å². The highest BCUT2D eigenvalue weighted by Gasteiger charge is 2.19. The maximum Gasteiger partial charge on any atom is 0.257 e. The van der Waals surface area contributed by atoms with Crippen LogP contribution in [-0.4, -0.2) is 38.4 Å². The maximum atomic E-state index is 13.5. The number of aromatic nitrogens is 4. The maximum absolute atomic E-state index is 13.5. The van der Waals surface area contributed by atoms with Crippen LogP contribution in [0.5, 0.6) is 0 Å². The smallest absolute Gasteiger partial charge is 0.257 e. The van der Waals surface area contributed by atoms with Crippen LogP contribution >= 0.6 is 0 Å². The summed E-state index contributed by atoms with van der Waals surface area (Å²) in [7, 11) is 1.69. The van der Waals surface area contributed by atoms with E-state index in [1.165, 1.54) is 18.3 Å². The lowest BCUT2D eigenvalue weighted by Gasteiger charge is -2.17. The van der Waals surface area contributed by atoms with Gasteiger partial charge in [-0.05, 0) is 40.1 Å². The number of nitrogens with zero attached hydrogens (tertiary/aromatic N) is 4. The Morgan fingerprint density at radius 3 is 2.88 bits per heavy atom. The molecular formula is C18H14FN5O2. The zero-order valence-corrected chi connectivity index (χ0v) is 13.8. The molecule has 0 aliphatic carbocycles. The Hall–Kier alpha value is -3.55. The molecule has 0 aliphatic heterocycles. The summed E-state index contributed by atoms with van der Waals surface area (Å²) >= 11 is 0. The van der Waals surface area contributed by atoms with Gasteiger partial charge in [0.2, 0.25) is 0 Å². The second-order valence-electron chi connectivity index (χ2n) is 5.92. The van der Waals surface area contributed by atoms with Gasteiger partial charge in [-0.2, -0.15) is 5.10 Å². The molecule has 0 bridgehead atoms. The van der Waals surface area contributed by atoms with E-state index in [0.29, 0.717) is 34.4 Å². The quantitative estimate of drug-likeness (QED) is 0.611. The molecule has 0 radical (unpaired) electrons. The second kappa shape index (κ2) is 6.40. The number of carbonyl (C=O) groups is 1. The summed E-state index contributed by atoms with van der Waals surface area (Å²) in [5, 5.41) is 14.3. The highest BCUT2D eigenvalue weighted by atomic mass is 19.1. The fourth-order valence-corrected chi connectivity index (χ4v) is 2.79. The summed E-state index contributed by atoms with van der Waals surface area (Å²) in [5.74, 6) is -0.602. The Balaban J connectivity index is 1.58. The number of rotatable bonds is 4. The summed E-state index contributed by atoms with van der Waals surface area (Å²) in [4.78, 5) is 14.4. The van der Waals surface area contributed by atoms with Crippen molar-refractivity contribution in [2.45, 2.75) is 6.54 Å². The molecule has 8 heteroatoms. The molecule has 0 spiro atoms. The molecule has 26 heavy (non-hydrogen) atoms. The van der Waals surface area contributed by atoms with Gasteiger partial charge in [-0.1, -0.05) is 18.2 Å². The van der Waals surface area contributed by atoms with Crippen molar-refractivity contribution in [1.29, 1.82) is 0 Å². The zero-order valence-electron chi connectivity index (χ0n) is 13.8. The molecule has 7 nitrogen and oxygen atoms in total. The molecule has 1 N–H and O–H groups in total. The number of carbonyl (C=O) groups excluding carboxylic acids is 1. The summed E-state index contributed by atoms with van der Waals surface area (Å²) < 4.78 is 18.2. The number of aromatic amines is 1. The molecule has 2 heterocycles. The van der Waals surface area contributed by atoms with E-state index in [-0.39, 0.29) is 11.7 Å². The van der Waals surface area contributed by atoms with Gasteiger partial charge in [-0.15, -0.1) is 0 Å². The summed E-state index contributed by atoms with van der Waals surface area (Å²) in [6.07, 6.45) is 1.45. The number of hydrogen-bond donors (Lipinski definition) is 1. The molecule has 2 aromatic heterocycles. The molecule has 0 unspecified atom stereocenters.